The smallest absolute Gasteiger partial charge is 0.260 e. The molecule has 0 bridgehead atoms. The molecule has 2 aromatic carbocycles. The summed E-state index contributed by atoms with van der Waals surface area (Å²) in [6, 6.07) is 12.4. The first-order valence-electron chi connectivity index (χ1n) is 9.62. The van der Waals surface area contributed by atoms with Crippen molar-refractivity contribution < 1.29 is 9.53 Å². The van der Waals surface area contributed by atoms with Gasteiger partial charge in [-0.2, -0.15) is 0 Å². The van der Waals surface area contributed by atoms with E-state index in [1.807, 2.05) is 13.0 Å². The third-order valence-corrected chi connectivity index (χ3v) is 5.05. The first-order chi connectivity index (χ1) is 14.0. The molecule has 6 nitrogen and oxygen atoms in total. The number of benzene rings is 2. The Balaban J connectivity index is 1.73. The van der Waals surface area contributed by atoms with Crippen LogP contribution in [0.25, 0.3) is 10.9 Å². The number of hydrogen-bond donors (Lipinski definition) is 1. The molecule has 0 saturated heterocycles. The van der Waals surface area contributed by atoms with Gasteiger partial charge in [0, 0.05) is 11.6 Å². The Bertz CT molecular complexity index is 1060. The molecule has 0 fully saturated rings. The number of ether oxygens (including phenoxy) is 1. The van der Waals surface area contributed by atoms with Gasteiger partial charge >= 0.3 is 0 Å². The third-order valence-electron chi connectivity index (χ3n) is 4.63. The number of para-hydroxylation sites is 1. The Morgan fingerprint density at radius 1 is 1.24 bits per heavy atom. The number of nitrogens with one attached hydrogen (secondary N) is 1. The van der Waals surface area contributed by atoms with Crippen molar-refractivity contribution in [1.82, 2.24) is 14.9 Å². The average Bonchev–Trinajstić information content (AvgIpc) is 2.71. The number of aromatic amines is 1. The zero-order valence-corrected chi connectivity index (χ0v) is 17.3. The van der Waals surface area contributed by atoms with Crippen molar-refractivity contribution >= 4 is 28.4 Å². The van der Waals surface area contributed by atoms with E-state index in [0.717, 1.165) is 18.4 Å². The number of carbonyl (C=O) groups excluding carboxylic acids is 1. The van der Waals surface area contributed by atoms with Crippen molar-refractivity contribution in [3.8, 4) is 5.75 Å². The molecular weight excluding hydrogens is 390 g/mol. The van der Waals surface area contributed by atoms with Gasteiger partial charge in [0.15, 0.2) is 6.61 Å². The highest BCUT2D eigenvalue weighted by molar-refractivity contribution is 6.31. The largest absolute Gasteiger partial charge is 0.484 e. The normalized spacial score (nSPS) is 10.9. The molecule has 0 aliphatic heterocycles. The molecule has 152 valence electrons. The number of aryl methyl sites for hydroxylation is 1. The van der Waals surface area contributed by atoms with E-state index >= 15 is 0 Å². The zero-order chi connectivity index (χ0) is 20.8. The fourth-order valence-electron chi connectivity index (χ4n) is 2.97. The van der Waals surface area contributed by atoms with Crippen LogP contribution < -0.4 is 10.3 Å². The van der Waals surface area contributed by atoms with Crippen LogP contribution in [0.4, 0.5) is 0 Å². The summed E-state index contributed by atoms with van der Waals surface area (Å²) in [5, 5.41) is 1.18. The van der Waals surface area contributed by atoms with Gasteiger partial charge in [-0.3, -0.25) is 9.59 Å². The first kappa shape index (κ1) is 20.9. The topological polar surface area (TPSA) is 75.3 Å². The molecule has 0 radical (unpaired) electrons. The molecule has 0 aliphatic rings. The van der Waals surface area contributed by atoms with E-state index in [1.165, 1.54) is 0 Å². The standard InChI is InChI=1S/C22H24ClN3O3/c1-3-4-11-26(21(27)14-29-16-9-10-18(23)15(2)12-16)13-20-24-19-8-6-5-7-17(19)22(28)25-20/h5-10,12H,3-4,11,13-14H2,1-2H3,(H,24,25,28). The predicted molar refractivity (Wildman–Crippen MR) is 114 cm³/mol. The molecular formula is C22H24ClN3O3. The van der Waals surface area contributed by atoms with E-state index in [1.54, 1.807) is 41.3 Å². The van der Waals surface area contributed by atoms with Crippen LogP contribution in [0.3, 0.4) is 0 Å². The summed E-state index contributed by atoms with van der Waals surface area (Å²) in [4.78, 5) is 34.0. The molecule has 1 heterocycles. The van der Waals surface area contributed by atoms with Crippen molar-refractivity contribution in [2.45, 2.75) is 33.2 Å². The number of amides is 1. The first-order valence-corrected chi connectivity index (χ1v) is 10.0. The van der Waals surface area contributed by atoms with Crippen molar-refractivity contribution in [2.75, 3.05) is 13.2 Å². The fourth-order valence-corrected chi connectivity index (χ4v) is 3.09. The van der Waals surface area contributed by atoms with Gasteiger partial charge in [-0.1, -0.05) is 37.1 Å². The highest BCUT2D eigenvalue weighted by atomic mass is 35.5. The molecule has 1 aromatic heterocycles. The SMILES string of the molecule is CCCCN(Cc1nc2ccccc2c(=O)[nH]1)C(=O)COc1ccc(Cl)c(C)c1. The molecule has 0 atom stereocenters. The monoisotopic (exact) mass is 413 g/mol. The van der Waals surface area contributed by atoms with Gasteiger partial charge in [0.1, 0.15) is 11.6 Å². The summed E-state index contributed by atoms with van der Waals surface area (Å²) in [7, 11) is 0. The number of nitrogens with zero attached hydrogens (tertiary/aromatic N) is 2. The van der Waals surface area contributed by atoms with Gasteiger partial charge in [-0.15, -0.1) is 0 Å². The Morgan fingerprint density at radius 3 is 2.79 bits per heavy atom. The number of H-pyrrole nitrogens is 1. The highest BCUT2D eigenvalue weighted by Crippen LogP contribution is 2.21. The lowest BCUT2D eigenvalue weighted by molar-refractivity contribution is -0.134. The van der Waals surface area contributed by atoms with Crippen molar-refractivity contribution in [2.24, 2.45) is 0 Å². The number of rotatable bonds is 8. The van der Waals surface area contributed by atoms with Gasteiger partial charge in [0.2, 0.25) is 0 Å². The van der Waals surface area contributed by atoms with Gasteiger partial charge < -0.3 is 14.6 Å². The molecule has 0 spiro atoms. The van der Waals surface area contributed by atoms with Crippen LogP contribution in [0.1, 0.15) is 31.2 Å². The maximum absolute atomic E-state index is 12.8. The lowest BCUT2D eigenvalue weighted by Crippen LogP contribution is -2.36. The second kappa shape index (κ2) is 9.56. The van der Waals surface area contributed by atoms with Crippen LogP contribution in [-0.2, 0) is 11.3 Å². The molecule has 29 heavy (non-hydrogen) atoms. The molecule has 0 aliphatic carbocycles. The summed E-state index contributed by atoms with van der Waals surface area (Å²) < 4.78 is 5.65. The Labute approximate surface area is 174 Å². The highest BCUT2D eigenvalue weighted by Gasteiger charge is 2.16. The summed E-state index contributed by atoms with van der Waals surface area (Å²) in [5.74, 6) is 0.885. The average molecular weight is 414 g/mol. The van der Waals surface area contributed by atoms with Gasteiger partial charge in [0.25, 0.3) is 11.5 Å². The fraction of sp³-hybridized carbons (Fsp3) is 0.318. The predicted octanol–water partition coefficient (Wildman–Crippen LogP) is 4.09. The second-order valence-corrected chi connectivity index (χ2v) is 7.31. The lowest BCUT2D eigenvalue weighted by Gasteiger charge is -2.22. The maximum Gasteiger partial charge on any atom is 0.260 e. The van der Waals surface area contributed by atoms with E-state index in [4.69, 9.17) is 16.3 Å². The Kier molecular flexibility index (Phi) is 6.88. The van der Waals surface area contributed by atoms with Crippen LogP contribution in [0.5, 0.6) is 5.75 Å². The summed E-state index contributed by atoms with van der Waals surface area (Å²) in [5.41, 5.74) is 1.29. The van der Waals surface area contributed by atoms with E-state index in [9.17, 15) is 9.59 Å². The molecule has 7 heteroatoms. The van der Waals surface area contributed by atoms with Crippen LogP contribution in [0.2, 0.25) is 5.02 Å². The van der Waals surface area contributed by atoms with Gasteiger partial charge in [-0.05, 0) is 49.2 Å². The molecule has 1 amide bonds. The minimum Gasteiger partial charge on any atom is -0.484 e. The van der Waals surface area contributed by atoms with E-state index in [2.05, 4.69) is 16.9 Å². The minimum atomic E-state index is -0.207. The number of hydrogen-bond acceptors (Lipinski definition) is 4. The van der Waals surface area contributed by atoms with E-state index < -0.39 is 0 Å². The van der Waals surface area contributed by atoms with Crippen LogP contribution in [-0.4, -0.2) is 33.9 Å². The Hall–Kier alpha value is -2.86. The quantitative estimate of drug-likeness (QED) is 0.603. The number of aromatic nitrogens is 2. The van der Waals surface area contributed by atoms with Crippen molar-refractivity contribution in [3.63, 3.8) is 0 Å². The number of carbonyl (C=O) groups is 1. The molecule has 1 N–H and O–H groups in total. The molecule has 3 aromatic rings. The maximum atomic E-state index is 12.8. The molecule has 0 unspecified atom stereocenters. The number of fused-ring (bicyclic) bond motifs is 1. The van der Waals surface area contributed by atoms with Gasteiger partial charge in [0.05, 0.1) is 17.4 Å². The third kappa shape index (κ3) is 5.35. The van der Waals surface area contributed by atoms with Crippen LogP contribution >= 0.6 is 11.6 Å². The summed E-state index contributed by atoms with van der Waals surface area (Å²) in [6.45, 7) is 4.64. The summed E-state index contributed by atoms with van der Waals surface area (Å²) >= 11 is 6.03. The second-order valence-electron chi connectivity index (χ2n) is 6.90. The van der Waals surface area contributed by atoms with E-state index in [-0.39, 0.29) is 24.6 Å². The summed E-state index contributed by atoms with van der Waals surface area (Å²) in [6.07, 6.45) is 1.80. The van der Waals surface area contributed by atoms with E-state index in [0.29, 0.717) is 34.0 Å². The lowest BCUT2D eigenvalue weighted by atomic mass is 10.2. The van der Waals surface area contributed by atoms with Crippen LogP contribution in [0, 0.1) is 6.92 Å². The minimum absolute atomic E-state index is 0.0946. The molecule has 3 rings (SSSR count). The van der Waals surface area contributed by atoms with Crippen LogP contribution in [0.15, 0.2) is 47.3 Å². The van der Waals surface area contributed by atoms with Crippen molar-refractivity contribution in [1.29, 1.82) is 0 Å². The Morgan fingerprint density at radius 2 is 2.03 bits per heavy atom. The van der Waals surface area contributed by atoms with Crippen molar-refractivity contribution in [3.05, 3.63) is 69.2 Å². The zero-order valence-electron chi connectivity index (χ0n) is 16.6. The number of halogens is 1. The van der Waals surface area contributed by atoms with Gasteiger partial charge in [-0.25, -0.2) is 4.98 Å². The number of unbranched alkanes of at least 4 members (excludes halogenated alkanes) is 1. The molecule has 0 saturated carbocycles.